The number of aromatic nitrogens is 3. The molecule has 0 aliphatic heterocycles. The molecule has 0 atom stereocenters. The maximum Gasteiger partial charge on any atom is 0.224 e. The molecule has 0 saturated heterocycles. The monoisotopic (exact) mass is 434 g/mol. The minimum Gasteiger partial charge on any atom is -0.508 e. The van der Waals surface area contributed by atoms with Gasteiger partial charge in [0, 0.05) is 35.1 Å². The second-order valence-corrected chi connectivity index (χ2v) is 8.58. The molecule has 0 bridgehead atoms. The summed E-state index contributed by atoms with van der Waals surface area (Å²) in [6, 6.07) is 14.9. The SMILES string of the molecule is Cn1cc(CC(=O)NCc2cc(C3CC3)nn2-c2cccc(Cl)c2)c2cc(O)ccc21. The van der Waals surface area contributed by atoms with E-state index in [1.165, 1.54) is 0 Å². The van der Waals surface area contributed by atoms with Crippen LogP contribution in [-0.2, 0) is 24.8 Å². The van der Waals surface area contributed by atoms with Crippen LogP contribution in [0.1, 0.15) is 35.7 Å². The van der Waals surface area contributed by atoms with E-state index in [2.05, 4.69) is 11.4 Å². The van der Waals surface area contributed by atoms with Crippen LogP contribution in [-0.4, -0.2) is 25.4 Å². The van der Waals surface area contributed by atoms with E-state index >= 15 is 0 Å². The number of phenolic OH excluding ortho intramolecular Hbond substituents is 1. The fourth-order valence-corrected chi connectivity index (χ4v) is 4.19. The number of hydrogen-bond acceptors (Lipinski definition) is 3. The third kappa shape index (κ3) is 4.03. The summed E-state index contributed by atoms with van der Waals surface area (Å²) in [5.74, 6) is 0.624. The first kappa shape index (κ1) is 19.7. The van der Waals surface area contributed by atoms with Gasteiger partial charge in [0.1, 0.15) is 5.75 Å². The Hall–Kier alpha value is -3.25. The lowest BCUT2D eigenvalue weighted by Crippen LogP contribution is -2.25. The second-order valence-electron chi connectivity index (χ2n) is 8.15. The van der Waals surface area contributed by atoms with Gasteiger partial charge in [-0.15, -0.1) is 0 Å². The maximum absolute atomic E-state index is 12.7. The van der Waals surface area contributed by atoms with Gasteiger partial charge in [0.2, 0.25) is 5.91 Å². The number of phenols is 1. The van der Waals surface area contributed by atoms with Crippen LogP contribution in [0.25, 0.3) is 16.6 Å². The van der Waals surface area contributed by atoms with Gasteiger partial charge in [0.05, 0.1) is 30.0 Å². The first-order chi connectivity index (χ1) is 15.0. The lowest BCUT2D eigenvalue weighted by molar-refractivity contribution is -0.120. The topological polar surface area (TPSA) is 72.1 Å². The number of halogens is 1. The van der Waals surface area contributed by atoms with Crippen molar-refractivity contribution in [1.82, 2.24) is 19.7 Å². The molecular formula is C24H23ClN4O2. The Morgan fingerprint density at radius 3 is 2.84 bits per heavy atom. The third-order valence-electron chi connectivity index (χ3n) is 5.72. The van der Waals surface area contributed by atoms with Crippen molar-refractivity contribution in [3.63, 3.8) is 0 Å². The van der Waals surface area contributed by atoms with Crippen LogP contribution in [0.15, 0.2) is 54.7 Å². The fraction of sp³-hybridized carbons (Fsp3) is 0.250. The Labute approximate surface area is 185 Å². The molecule has 1 aliphatic rings. The average Bonchev–Trinajstić information content (AvgIpc) is 3.43. The minimum absolute atomic E-state index is 0.0809. The van der Waals surface area contributed by atoms with Crippen LogP contribution in [0.2, 0.25) is 5.02 Å². The highest BCUT2D eigenvalue weighted by Crippen LogP contribution is 2.39. The number of aryl methyl sites for hydroxylation is 1. The van der Waals surface area contributed by atoms with Gasteiger partial charge in [0.15, 0.2) is 0 Å². The number of carbonyl (C=O) groups is 1. The van der Waals surface area contributed by atoms with E-state index in [-0.39, 0.29) is 18.1 Å². The molecule has 2 aromatic carbocycles. The normalized spacial score (nSPS) is 13.6. The molecule has 1 fully saturated rings. The molecule has 158 valence electrons. The summed E-state index contributed by atoms with van der Waals surface area (Å²) in [5.41, 5.74) is 4.73. The summed E-state index contributed by atoms with van der Waals surface area (Å²) in [4.78, 5) is 12.7. The zero-order valence-electron chi connectivity index (χ0n) is 17.2. The van der Waals surface area contributed by atoms with Crippen molar-refractivity contribution in [2.45, 2.75) is 31.7 Å². The largest absolute Gasteiger partial charge is 0.508 e. The molecule has 2 heterocycles. The average molecular weight is 435 g/mol. The lowest BCUT2D eigenvalue weighted by Gasteiger charge is -2.09. The minimum atomic E-state index is -0.0809. The smallest absolute Gasteiger partial charge is 0.224 e. The number of fused-ring (bicyclic) bond motifs is 1. The Balaban J connectivity index is 1.35. The van der Waals surface area contributed by atoms with Gasteiger partial charge in [-0.2, -0.15) is 5.10 Å². The Kier molecular flexibility index (Phi) is 4.94. The molecule has 5 rings (SSSR count). The van der Waals surface area contributed by atoms with Crippen molar-refractivity contribution in [1.29, 1.82) is 0 Å². The summed E-state index contributed by atoms with van der Waals surface area (Å²) in [7, 11) is 1.93. The van der Waals surface area contributed by atoms with Gasteiger partial charge >= 0.3 is 0 Å². The number of hydrogen-bond donors (Lipinski definition) is 2. The van der Waals surface area contributed by atoms with Crippen molar-refractivity contribution in [3.8, 4) is 11.4 Å². The number of carbonyl (C=O) groups excluding carboxylic acids is 1. The van der Waals surface area contributed by atoms with Gasteiger partial charge < -0.3 is 15.0 Å². The van der Waals surface area contributed by atoms with Crippen molar-refractivity contribution >= 4 is 28.4 Å². The Morgan fingerprint density at radius 2 is 2.06 bits per heavy atom. The van der Waals surface area contributed by atoms with Crippen molar-refractivity contribution in [3.05, 3.63) is 76.7 Å². The maximum atomic E-state index is 12.7. The molecule has 1 amide bonds. The molecule has 2 N–H and O–H groups in total. The first-order valence-corrected chi connectivity index (χ1v) is 10.7. The summed E-state index contributed by atoms with van der Waals surface area (Å²) in [6.45, 7) is 0.376. The van der Waals surface area contributed by atoms with Gasteiger partial charge in [-0.1, -0.05) is 17.7 Å². The van der Waals surface area contributed by atoms with Crippen molar-refractivity contribution in [2.75, 3.05) is 0 Å². The van der Waals surface area contributed by atoms with Gasteiger partial charge in [-0.05, 0) is 60.9 Å². The van der Waals surface area contributed by atoms with Gasteiger partial charge in [0.25, 0.3) is 0 Å². The first-order valence-electron chi connectivity index (χ1n) is 10.4. The summed E-state index contributed by atoms with van der Waals surface area (Å²) in [5, 5.41) is 19.2. The highest BCUT2D eigenvalue weighted by molar-refractivity contribution is 6.30. The van der Waals surface area contributed by atoms with E-state index < -0.39 is 0 Å². The van der Waals surface area contributed by atoms with E-state index in [1.54, 1.807) is 12.1 Å². The molecule has 1 saturated carbocycles. The van der Waals surface area contributed by atoms with E-state index in [4.69, 9.17) is 16.7 Å². The molecule has 7 heteroatoms. The summed E-state index contributed by atoms with van der Waals surface area (Å²) >= 11 is 6.18. The second kappa shape index (κ2) is 7.78. The quantitative estimate of drug-likeness (QED) is 0.470. The number of aromatic hydroxyl groups is 1. The van der Waals surface area contributed by atoms with E-state index in [0.29, 0.717) is 17.5 Å². The zero-order valence-corrected chi connectivity index (χ0v) is 17.9. The molecular weight excluding hydrogens is 412 g/mol. The molecule has 6 nitrogen and oxygen atoms in total. The molecule has 31 heavy (non-hydrogen) atoms. The van der Waals surface area contributed by atoms with Crippen LogP contribution < -0.4 is 5.32 Å². The number of nitrogens with one attached hydrogen (secondary N) is 1. The van der Waals surface area contributed by atoms with E-state index in [9.17, 15) is 9.90 Å². The molecule has 4 aromatic rings. The molecule has 1 aliphatic carbocycles. The van der Waals surface area contributed by atoms with Crippen LogP contribution in [0.4, 0.5) is 0 Å². The van der Waals surface area contributed by atoms with Crippen LogP contribution in [0, 0.1) is 0 Å². The number of nitrogens with zero attached hydrogens (tertiary/aromatic N) is 3. The molecule has 0 spiro atoms. The highest BCUT2D eigenvalue weighted by Gasteiger charge is 2.27. The Morgan fingerprint density at radius 1 is 1.23 bits per heavy atom. The van der Waals surface area contributed by atoms with Crippen molar-refractivity contribution < 1.29 is 9.90 Å². The number of rotatable bonds is 6. The van der Waals surface area contributed by atoms with E-state index in [1.807, 2.05) is 52.8 Å². The van der Waals surface area contributed by atoms with Crippen LogP contribution >= 0.6 is 11.6 Å². The Bertz CT molecular complexity index is 1290. The fourth-order valence-electron chi connectivity index (χ4n) is 4.00. The predicted octanol–water partition coefficient (Wildman–Crippen LogP) is 4.46. The number of benzene rings is 2. The third-order valence-corrected chi connectivity index (χ3v) is 5.96. The zero-order chi connectivity index (χ0) is 21.5. The van der Waals surface area contributed by atoms with Crippen molar-refractivity contribution in [2.24, 2.45) is 7.05 Å². The van der Waals surface area contributed by atoms with E-state index in [0.717, 1.165) is 46.4 Å². The standard InChI is InChI=1S/C24H23ClN4O2/c1-28-14-16(21-12-20(30)7-8-23(21)28)9-24(31)26-13-19-11-22(15-5-6-15)27-29(19)18-4-2-3-17(25)10-18/h2-4,7-8,10-12,14-15,30H,5-6,9,13H2,1H3,(H,26,31). The van der Waals surface area contributed by atoms with Crippen LogP contribution in [0.3, 0.4) is 0 Å². The lowest BCUT2D eigenvalue weighted by atomic mass is 10.1. The molecule has 0 unspecified atom stereocenters. The number of amides is 1. The van der Waals surface area contributed by atoms with Gasteiger partial charge in [-0.25, -0.2) is 4.68 Å². The predicted molar refractivity (Wildman–Crippen MR) is 121 cm³/mol. The molecule has 0 radical (unpaired) electrons. The summed E-state index contributed by atoms with van der Waals surface area (Å²) < 4.78 is 3.84. The van der Waals surface area contributed by atoms with Crippen LogP contribution in [0.5, 0.6) is 5.75 Å². The van der Waals surface area contributed by atoms with Gasteiger partial charge in [-0.3, -0.25) is 4.79 Å². The highest BCUT2D eigenvalue weighted by atomic mass is 35.5. The molecule has 2 aromatic heterocycles. The summed E-state index contributed by atoms with van der Waals surface area (Å²) in [6.07, 6.45) is 4.49.